The second-order valence-corrected chi connectivity index (χ2v) is 7.67. The van der Waals surface area contributed by atoms with Crippen LogP contribution in [0.2, 0.25) is 0 Å². The fourth-order valence-corrected chi connectivity index (χ4v) is 4.52. The van der Waals surface area contributed by atoms with Crippen LogP contribution in [0.25, 0.3) is 11.1 Å². The van der Waals surface area contributed by atoms with Crippen LogP contribution in [-0.4, -0.2) is 21.9 Å². The molecule has 0 aliphatic carbocycles. The monoisotopic (exact) mass is 328 g/mol. The second kappa shape index (κ2) is 6.02. The number of fused-ring (bicyclic) bond motifs is 1. The largest absolute Gasteiger partial charge is 0.478 e. The van der Waals surface area contributed by atoms with Crippen molar-refractivity contribution in [1.29, 1.82) is 0 Å². The molecule has 4 heteroatoms. The lowest BCUT2D eigenvalue weighted by molar-refractivity contribution is 0.0693. The van der Waals surface area contributed by atoms with Gasteiger partial charge < -0.3 is 10.2 Å². The number of rotatable bonds is 3. The number of thioether (sulfide) groups is 1. The summed E-state index contributed by atoms with van der Waals surface area (Å²) in [5.41, 5.74) is 4.10. The SMILES string of the molecule is CC1(C)CCSc2ccc(-c3ccc(C(=O)O)c(CO)c3)cc21. The van der Waals surface area contributed by atoms with Crippen LogP contribution in [0.5, 0.6) is 0 Å². The zero-order valence-electron chi connectivity index (χ0n) is 13.3. The van der Waals surface area contributed by atoms with Gasteiger partial charge in [0.2, 0.25) is 0 Å². The van der Waals surface area contributed by atoms with E-state index in [4.69, 9.17) is 0 Å². The first-order valence-electron chi connectivity index (χ1n) is 7.67. The number of aliphatic hydroxyl groups excluding tert-OH is 1. The molecule has 2 aromatic carbocycles. The van der Waals surface area contributed by atoms with Gasteiger partial charge in [0.25, 0.3) is 0 Å². The van der Waals surface area contributed by atoms with Crippen LogP contribution < -0.4 is 0 Å². The maximum absolute atomic E-state index is 11.2. The number of aliphatic hydroxyl groups is 1. The minimum absolute atomic E-state index is 0.150. The Balaban J connectivity index is 2.08. The average molecular weight is 328 g/mol. The molecule has 0 unspecified atom stereocenters. The average Bonchev–Trinajstić information content (AvgIpc) is 2.53. The van der Waals surface area contributed by atoms with Gasteiger partial charge in [-0.3, -0.25) is 0 Å². The van der Waals surface area contributed by atoms with E-state index in [9.17, 15) is 15.0 Å². The van der Waals surface area contributed by atoms with E-state index < -0.39 is 5.97 Å². The molecule has 0 bridgehead atoms. The van der Waals surface area contributed by atoms with Gasteiger partial charge in [-0.05, 0) is 64.1 Å². The number of benzene rings is 2. The summed E-state index contributed by atoms with van der Waals surface area (Å²) in [5, 5.41) is 18.6. The minimum Gasteiger partial charge on any atom is -0.478 e. The fraction of sp³-hybridized carbons (Fsp3) is 0.316. The van der Waals surface area contributed by atoms with Gasteiger partial charge in [0.1, 0.15) is 0 Å². The highest BCUT2D eigenvalue weighted by Gasteiger charge is 2.28. The van der Waals surface area contributed by atoms with E-state index >= 15 is 0 Å². The first-order chi connectivity index (χ1) is 10.9. The van der Waals surface area contributed by atoms with E-state index in [1.807, 2.05) is 17.8 Å². The Hall–Kier alpha value is -1.78. The van der Waals surface area contributed by atoms with Crippen LogP contribution in [0.1, 0.15) is 41.8 Å². The second-order valence-electron chi connectivity index (χ2n) is 6.53. The normalized spacial score (nSPS) is 16.0. The van der Waals surface area contributed by atoms with E-state index in [0.717, 1.165) is 23.3 Å². The molecule has 3 nitrogen and oxygen atoms in total. The fourth-order valence-electron chi connectivity index (χ4n) is 3.03. The van der Waals surface area contributed by atoms with Gasteiger partial charge in [0.15, 0.2) is 0 Å². The van der Waals surface area contributed by atoms with Crippen LogP contribution in [0.4, 0.5) is 0 Å². The van der Waals surface area contributed by atoms with Crippen LogP contribution in [0.15, 0.2) is 41.3 Å². The molecule has 3 rings (SSSR count). The number of hydrogen-bond acceptors (Lipinski definition) is 3. The van der Waals surface area contributed by atoms with Crippen molar-refractivity contribution in [2.24, 2.45) is 0 Å². The van der Waals surface area contributed by atoms with Gasteiger partial charge in [0.05, 0.1) is 12.2 Å². The third-order valence-electron chi connectivity index (χ3n) is 4.53. The lowest BCUT2D eigenvalue weighted by Gasteiger charge is -2.32. The third kappa shape index (κ3) is 3.01. The highest BCUT2D eigenvalue weighted by molar-refractivity contribution is 7.99. The summed E-state index contributed by atoms with van der Waals surface area (Å²) in [7, 11) is 0. The van der Waals surface area contributed by atoms with E-state index in [1.54, 1.807) is 12.1 Å². The predicted molar refractivity (Wildman–Crippen MR) is 93.1 cm³/mol. The summed E-state index contributed by atoms with van der Waals surface area (Å²) in [4.78, 5) is 12.5. The van der Waals surface area contributed by atoms with Crippen molar-refractivity contribution in [2.45, 2.75) is 37.2 Å². The topological polar surface area (TPSA) is 57.5 Å². The lowest BCUT2D eigenvalue weighted by Crippen LogP contribution is -2.22. The Labute approximate surface area is 140 Å². The van der Waals surface area contributed by atoms with Crippen LogP contribution >= 0.6 is 11.8 Å². The smallest absolute Gasteiger partial charge is 0.336 e. The molecule has 0 atom stereocenters. The van der Waals surface area contributed by atoms with Crippen molar-refractivity contribution in [3.05, 3.63) is 53.1 Å². The summed E-state index contributed by atoms with van der Waals surface area (Å²) in [6.07, 6.45) is 1.15. The Morgan fingerprint density at radius 3 is 2.57 bits per heavy atom. The zero-order valence-corrected chi connectivity index (χ0v) is 14.1. The third-order valence-corrected chi connectivity index (χ3v) is 5.61. The Kier molecular flexibility index (Phi) is 4.21. The molecule has 0 radical (unpaired) electrons. The maximum Gasteiger partial charge on any atom is 0.336 e. The quantitative estimate of drug-likeness (QED) is 0.881. The Morgan fingerprint density at radius 1 is 1.17 bits per heavy atom. The minimum atomic E-state index is -1.01. The van der Waals surface area contributed by atoms with Gasteiger partial charge in [-0.15, -0.1) is 11.8 Å². The summed E-state index contributed by atoms with van der Waals surface area (Å²) in [5.74, 6) is 0.130. The summed E-state index contributed by atoms with van der Waals surface area (Å²) < 4.78 is 0. The molecule has 2 aromatic rings. The molecule has 23 heavy (non-hydrogen) atoms. The van der Waals surface area contributed by atoms with Crippen molar-refractivity contribution < 1.29 is 15.0 Å². The van der Waals surface area contributed by atoms with Gasteiger partial charge in [-0.25, -0.2) is 4.79 Å². The molecule has 0 amide bonds. The first-order valence-corrected chi connectivity index (χ1v) is 8.66. The number of aromatic carboxylic acids is 1. The molecule has 0 saturated carbocycles. The lowest BCUT2D eigenvalue weighted by atomic mass is 9.80. The first kappa shape index (κ1) is 16.1. The van der Waals surface area contributed by atoms with E-state index in [-0.39, 0.29) is 17.6 Å². The number of hydrogen-bond donors (Lipinski definition) is 2. The van der Waals surface area contributed by atoms with Crippen molar-refractivity contribution in [3.63, 3.8) is 0 Å². The molecule has 2 N–H and O–H groups in total. The predicted octanol–water partition coefficient (Wildman–Crippen LogP) is 4.32. The van der Waals surface area contributed by atoms with E-state index in [2.05, 4.69) is 32.0 Å². The summed E-state index contributed by atoms with van der Waals surface area (Å²) in [6.45, 7) is 4.26. The number of carboxylic acid groups (broad SMARTS) is 1. The molecule has 0 aromatic heterocycles. The highest BCUT2D eigenvalue weighted by Crippen LogP contribution is 2.43. The number of carbonyl (C=O) groups is 1. The molecule has 1 aliphatic rings. The van der Waals surface area contributed by atoms with E-state index in [0.29, 0.717) is 5.56 Å². The molecular weight excluding hydrogens is 308 g/mol. The van der Waals surface area contributed by atoms with Crippen LogP contribution in [-0.2, 0) is 12.0 Å². The van der Waals surface area contributed by atoms with Gasteiger partial charge in [-0.2, -0.15) is 0 Å². The van der Waals surface area contributed by atoms with Gasteiger partial charge >= 0.3 is 5.97 Å². The highest BCUT2D eigenvalue weighted by atomic mass is 32.2. The standard InChI is InChI=1S/C19H20O3S/c1-19(2)7-8-23-17-6-4-13(10-16(17)19)12-3-5-15(18(21)22)14(9-12)11-20/h3-6,9-10,20H,7-8,11H2,1-2H3,(H,21,22). The molecule has 1 aliphatic heterocycles. The van der Waals surface area contributed by atoms with Crippen LogP contribution in [0, 0.1) is 0 Å². The van der Waals surface area contributed by atoms with Crippen molar-refractivity contribution >= 4 is 17.7 Å². The Morgan fingerprint density at radius 2 is 1.87 bits per heavy atom. The van der Waals surface area contributed by atoms with Gasteiger partial charge in [0, 0.05) is 4.90 Å². The van der Waals surface area contributed by atoms with E-state index in [1.165, 1.54) is 10.5 Å². The molecule has 0 saturated heterocycles. The maximum atomic E-state index is 11.2. The number of carboxylic acids is 1. The van der Waals surface area contributed by atoms with Crippen LogP contribution in [0.3, 0.4) is 0 Å². The molecule has 1 heterocycles. The van der Waals surface area contributed by atoms with Crippen molar-refractivity contribution in [3.8, 4) is 11.1 Å². The molecule has 0 spiro atoms. The van der Waals surface area contributed by atoms with Crippen molar-refractivity contribution in [1.82, 2.24) is 0 Å². The zero-order chi connectivity index (χ0) is 16.6. The molecule has 0 fully saturated rings. The summed E-state index contributed by atoms with van der Waals surface area (Å²) in [6, 6.07) is 11.6. The molecule has 120 valence electrons. The summed E-state index contributed by atoms with van der Waals surface area (Å²) >= 11 is 1.89. The van der Waals surface area contributed by atoms with Crippen molar-refractivity contribution in [2.75, 3.05) is 5.75 Å². The molecular formula is C19H20O3S. The Bertz CT molecular complexity index is 765. The van der Waals surface area contributed by atoms with Gasteiger partial charge in [-0.1, -0.05) is 26.0 Å².